The number of benzene rings is 2. The van der Waals surface area contributed by atoms with Crippen LogP contribution in [0, 0.1) is 6.92 Å². The van der Waals surface area contributed by atoms with Gasteiger partial charge in [-0.3, -0.25) is 9.59 Å². The zero-order valence-corrected chi connectivity index (χ0v) is 15.9. The van der Waals surface area contributed by atoms with Crippen molar-refractivity contribution in [3.8, 4) is 0 Å². The summed E-state index contributed by atoms with van der Waals surface area (Å²) in [5, 5.41) is 5.69. The lowest BCUT2D eigenvalue weighted by atomic mass is 10.1. The number of carbonyl (C=O) groups excluding carboxylic acids is 2. The average molecular weight is 353 g/mol. The van der Waals surface area contributed by atoms with E-state index in [-0.39, 0.29) is 18.2 Å². The summed E-state index contributed by atoms with van der Waals surface area (Å²) in [5.41, 5.74) is 4.67. The van der Waals surface area contributed by atoms with Gasteiger partial charge in [0.15, 0.2) is 0 Å². The summed E-state index contributed by atoms with van der Waals surface area (Å²) in [5.74, 6) is -0.171. The Morgan fingerprint density at radius 2 is 1.62 bits per heavy atom. The summed E-state index contributed by atoms with van der Waals surface area (Å²) in [6, 6.07) is 13.4. The van der Waals surface area contributed by atoms with Crippen molar-refractivity contribution in [3.63, 3.8) is 0 Å². The Morgan fingerprint density at radius 3 is 2.15 bits per heavy atom. The largest absolute Gasteiger partial charge is 0.372 e. The van der Waals surface area contributed by atoms with Gasteiger partial charge in [0.25, 0.3) is 0 Å². The van der Waals surface area contributed by atoms with Crippen molar-refractivity contribution in [1.29, 1.82) is 0 Å². The summed E-state index contributed by atoms with van der Waals surface area (Å²) in [6.45, 7) is 9.64. The molecule has 0 fully saturated rings. The van der Waals surface area contributed by atoms with Crippen LogP contribution in [0.5, 0.6) is 0 Å². The Balaban J connectivity index is 2.00. The summed E-state index contributed by atoms with van der Waals surface area (Å²) in [4.78, 5) is 25.6. The van der Waals surface area contributed by atoms with E-state index in [0.29, 0.717) is 0 Å². The van der Waals surface area contributed by atoms with Crippen molar-refractivity contribution in [2.24, 2.45) is 0 Å². The summed E-state index contributed by atoms with van der Waals surface area (Å²) in [7, 11) is 0. The highest BCUT2D eigenvalue weighted by atomic mass is 16.2. The normalized spacial score (nSPS) is 10.3. The van der Waals surface area contributed by atoms with E-state index >= 15 is 0 Å². The monoisotopic (exact) mass is 353 g/mol. The third kappa shape index (κ3) is 5.34. The fourth-order valence-electron chi connectivity index (χ4n) is 2.86. The number of carbonyl (C=O) groups is 2. The second-order valence-electron chi connectivity index (χ2n) is 6.27. The molecule has 0 aliphatic carbocycles. The van der Waals surface area contributed by atoms with E-state index in [0.717, 1.165) is 35.6 Å². The second kappa shape index (κ2) is 9.04. The van der Waals surface area contributed by atoms with Gasteiger partial charge < -0.3 is 15.5 Å². The first kappa shape index (κ1) is 19.5. The fourth-order valence-corrected chi connectivity index (χ4v) is 2.86. The SMILES string of the molecule is CCN(CC)c1ccc(NC(=O)Cc2ccc(NC(C)=O)cc2)c(C)c1. The molecular weight excluding hydrogens is 326 g/mol. The number of rotatable bonds is 7. The van der Waals surface area contributed by atoms with Crippen LogP contribution in [-0.4, -0.2) is 24.9 Å². The molecule has 0 spiro atoms. The number of aryl methyl sites for hydroxylation is 1. The molecular formula is C21H27N3O2. The molecule has 0 aromatic heterocycles. The highest BCUT2D eigenvalue weighted by Gasteiger charge is 2.09. The smallest absolute Gasteiger partial charge is 0.228 e. The van der Waals surface area contributed by atoms with Crippen LogP contribution in [0.15, 0.2) is 42.5 Å². The molecule has 0 bridgehead atoms. The molecule has 0 aliphatic heterocycles. The molecule has 0 radical (unpaired) electrons. The van der Waals surface area contributed by atoms with E-state index in [9.17, 15) is 9.59 Å². The Hall–Kier alpha value is -2.82. The van der Waals surface area contributed by atoms with Gasteiger partial charge >= 0.3 is 0 Å². The molecule has 0 saturated carbocycles. The minimum atomic E-state index is -0.112. The molecule has 2 aromatic rings. The van der Waals surface area contributed by atoms with Crippen molar-refractivity contribution in [1.82, 2.24) is 0 Å². The first-order valence-electron chi connectivity index (χ1n) is 8.95. The van der Waals surface area contributed by atoms with E-state index < -0.39 is 0 Å². The van der Waals surface area contributed by atoms with Crippen molar-refractivity contribution in [2.45, 2.75) is 34.1 Å². The third-order valence-electron chi connectivity index (χ3n) is 4.25. The van der Waals surface area contributed by atoms with Crippen LogP contribution in [-0.2, 0) is 16.0 Å². The molecule has 0 aliphatic rings. The topological polar surface area (TPSA) is 61.4 Å². The summed E-state index contributed by atoms with van der Waals surface area (Å²) in [6.07, 6.45) is 0.289. The number of nitrogens with zero attached hydrogens (tertiary/aromatic N) is 1. The molecule has 2 aromatic carbocycles. The molecule has 2 N–H and O–H groups in total. The van der Waals surface area contributed by atoms with E-state index in [4.69, 9.17) is 0 Å². The number of anilines is 3. The minimum Gasteiger partial charge on any atom is -0.372 e. The average Bonchev–Trinajstić information content (AvgIpc) is 2.59. The predicted molar refractivity (Wildman–Crippen MR) is 108 cm³/mol. The highest BCUT2D eigenvalue weighted by Crippen LogP contribution is 2.23. The molecule has 5 heteroatoms. The first-order chi connectivity index (χ1) is 12.4. The summed E-state index contributed by atoms with van der Waals surface area (Å²) >= 11 is 0. The predicted octanol–water partition coefficient (Wildman–Crippen LogP) is 3.98. The Bertz CT molecular complexity index is 765. The molecule has 138 valence electrons. The molecule has 0 atom stereocenters. The van der Waals surface area contributed by atoms with Gasteiger partial charge in [0.1, 0.15) is 0 Å². The maximum Gasteiger partial charge on any atom is 0.228 e. The fraction of sp³-hybridized carbons (Fsp3) is 0.333. The van der Waals surface area contributed by atoms with E-state index in [2.05, 4.69) is 35.4 Å². The highest BCUT2D eigenvalue weighted by molar-refractivity contribution is 5.93. The Morgan fingerprint density at radius 1 is 0.962 bits per heavy atom. The van der Waals surface area contributed by atoms with E-state index in [1.54, 1.807) is 12.1 Å². The first-order valence-corrected chi connectivity index (χ1v) is 8.95. The lowest BCUT2D eigenvalue weighted by Crippen LogP contribution is -2.22. The number of hydrogen-bond donors (Lipinski definition) is 2. The van der Waals surface area contributed by atoms with Gasteiger partial charge in [0, 0.05) is 37.1 Å². The van der Waals surface area contributed by atoms with Gasteiger partial charge in [-0.15, -0.1) is 0 Å². The van der Waals surface area contributed by atoms with Crippen LogP contribution in [0.1, 0.15) is 31.9 Å². The van der Waals surface area contributed by atoms with Crippen molar-refractivity contribution in [2.75, 3.05) is 28.6 Å². The van der Waals surface area contributed by atoms with E-state index in [1.165, 1.54) is 12.6 Å². The maximum atomic E-state index is 12.3. The maximum absolute atomic E-state index is 12.3. The summed E-state index contributed by atoms with van der Waals surface area (Å²) < 4.78 is 0. The van der Waals surface area contributed by atoms with Crippen molar-refractivity contribution >= 4 is 28.9 Å². The zero-order chi connectivity index (χ0) is 19.1. The van der Waals surface area contributed by atoms with Crippen molar-refractivity contribution in [3.05, 3.63) is 53.6 Å². The number of hydrogen-bond acceptors (Lipinski definition) is 3. The van der Waals surface area contributed by atoms with Crippen LogP contribution in [0.3, 0.4) is 0 Å². The third-order valence-corrected chi connectivity index (χ3v) is 4.25. The molecule has 0 unspecified atom stereocenters. The van der Waals surface area contributed by atoms with Gasteiger partial charge in [-0.05, 0) is 62.2 Å². The van der Waals surface area contributed by atoms with Crippen LogP contribution in [0.2, 0.25) is 0 Å². The standard InChI is InChI=1S/C21H27N3O2/c1-5-24(6-2)19-11-12-20(15(3)13-19)23-21(26)14-17-7-9-18(10-8-17)22-16(4)25/h7-13H,5-6,14H2,1-4H3,(H,22,25)(H,23,26). The van der Waals surface area contributed by atoms with Gasteiger partial charge in [-0.25, -0.2) is 0 Å². The molecule has 0 saturated heterocycles. The molecule has 5 nitrogen and oxygen atoms in total. The molecule has 26 heavy (non-hydrogen) atoms. The van der Waals surface area contributed by atoms with Gasteiger partial charge in [-0.2, -0.15) is 0 Å². The quantitative estimate of drug-likeness (QED) is 0.791. The van der Waals surface area contributed by atoms with Gasteiger partial charge in [-0.1, -0.05) is 12.1 Å². The second-order valence-corrected chi connectivity index (χ2v) is 6.27. The molecule has 0 heterocycles. The minimum absolute atomic E-state index is 0.0593. The lowest BCUT2D eigenvalue weighted by Gasteiger charge is -2.22. The molecule has 2 rings (SSSR count). The van der Waals surface area contributed by atoms with Crippen LogP contribution >= 0.6 is 0 Å². The van der Waals surface area contributed by atoms with Crippen molar-refractivity contribution < 1.29 is 9.59 Å². The number of amides is 2. The lowest BCUT2D eigenvalue weighted by molar-refractivity contribution is -0.116. The van der Waals surface area contributed by atoms with E-state index in [1.807, 2.05) is 31.2 Å². The van der Waals surface area contributed by atoms with Gasteiger partial charge in [0.2, 0.25) is 11.8 Å². The molecule has 2 amide bonds. The zero-order valence-electron chi connectivity index (χ0n) is 15.9. The Kier molecular flexibility index (Phi) is 6.78. The van der Waals surface area contributed by atoms with Crippen LogP contribution in [0.25, 0.3) is 0 Å². The number of nitrogens with one attached hydrogen (secondary N) is 2. The van der Waals surface area contributed by atoms with Crippen LogP contribution in [0.4, 0.5) is 17.1 Å². The van der Waals surface area contributed by atoms with Crippen LogP contribution < -0.4 is 15.5 Å². The van der Waals surface area contributed by atoms with Gasteiger partial charge in [0.05, 0.1) is 6.42 Å². The Labute approximate surface area is 155 Å².